The molecule has 4 nitrogen and oxygen atoms in total. The number of hydrogen-bond donors (Lipinski definition) is 2. The Bertz CT molecular complexity index is 414. The van der Waals surface area contributed by atoms with Crippen molar-refractivity contribution >= 4 is 17.2 Å². The van der Waals surface area contributed by atoms with E-state index >= 15 is 0 Å². The third-order valence-electron chi connectivity index (χ3n) is 2.16. The number of nitrogens with two attached hydrogens (primary N) is 1. The first-order valence-electron chi connectivity index (χ1n) is 4.69. The number of amides is 1. The minimum absolute atomic E-state index is 0.0634. The van der Waals surface area contributed by atoms with Gasteiger partial charge >= 0.3 is 6.18 Å². The average molecular weight is 267 g/mol. The summed E-state index contributed by atoms with van der Waals surface area (Å²) in [6, 6.07) is 0. The molecule has 0 aromatic carbocycles. The van der Waals surface area contributed by atoms with E-state index in [9.17, 15) is 18.0 Å². The molecule has 0 aliphatic heterocycles. The van der Waals surface area contributed by atoms with Crippen molar-refractivity contribution in [2.24, 2.45) is 5.73 Å². The fourth-order valence-corrected chi connectivity index (χ4v) is 1.59. The second-order valence-corrected chi connectivity index (χ2v) is 4.80. The van der Waals surface area contributed by atoms with Crippen molar-refractivity contribution in [1.29, 1.82) is 0 Å². The van der Waals surface area contributed by atoms with Crippen LogP contribution in [0.25, 0.3) is 0 Å². The SMILES string of the molecule is Cc1nc(CNC(=O)C(C)(N)C(F)(F)F)cs1. The molecule has 1 amide bonds. The molecule has 0 radical (unpaired) electrons. The summed E-state index contributed by atoms with van der Waals surface area (Å²) in [6.45, 7) is 2.33. The Kier molecular flexibility index (Phi) is 3.78. The van der Waals surface area contributed by atoms with E-state index in [-0.39, 0.29) is 6.54 Å². The lowest BCUT2D eigenvalue weighted by atomic mass is 10.0. The van der Waals surface area contributed by atoms with Crippen LogP contribution >= 0.6 is 11.3 Å². The molecule has 1 atom stereocenters. The fraction of sp³-hybridized carbons (Fsp3) is 0.556. The van der Waals surface area contributed by atoms with Crippen LogP contribution in [0.4, 0.5) is 13.2 Å². The van der Waals surface area contributed by atoms with E-state index in [4.69, 9.17) is 5.73 Å². The summed E-state index contributed by atoms with van der Waals surface area (Å²) in [5, 5.41) is 4.56. The molecule has 96 valence electrons. The molecule has 3 N–H and O–H groups in total. The van der Waals surface area contributed by atoms with E-state index in [1.165, 1.54) is 11.3 Å². The molecule has 8 heteroatoms. The molecular formula is C9H12F3N3OS. The van der Waals surface area contributed by atoms with Gasteiger partial charge in [-0.2, -0.15) is 13.2 Å². The fourth-order valence-electron chi connectivity index (χ4n) is 0.973. The van der Waals surface area contributed by atoms with E-state index < -0.39 is 17.6 Å². The first kappa shape index (κ1) is 13.9. The molecule has 0 aliphatic carbocycles. The summed E-state index contributed by atoms with van der Waals surface area (Å²) >= 11 is 1.35. The molecular weight excluding hydrogens is 255 g/mol. The van der Waals surface area contributed by atoms with Crippen LogP contribution in [-0.2, 0) is 11.3 Å². The van der Waals surface area contributed by atoms with Gasteiger partial charge in [0.15, 0.2) is 5.54 Å². The van der Waals surface area contributed by atoms with Gasteiger partial charge in [0.25, 0.3) is 0 Å². The number of rotatable bonds is 3. The van der Waals surface area contributed by atoms with Gasteiger partial charge in [0, 0.05) is 5.38 Å². The summed E-state index contributed by atoms with van der Waals surface area (Å²) < 4.78 is 37.2. The van der Waals surface area contributed by atoms with E-state index in [0.29, 0.717) is 12.6 Å². The highest BCUT2D eigenvalue weighted by Gasteiger charge is 2.53. The van der Waals surface area contributed by atoms with Crippen LogP contribution < -0.4 is 11.1 Å². The average Bonchev–Trinajstić information content (AvgIpc) is 2.58. The zero-order valence-electron chi connectivity index (χ0n) is 9.26. The van der Waals surface area contributed by atoms with Gasteiger partial charge in [-0.15, -0.1) is 11.3 Å². The number of nitrogens with zero attached hydrogens (tertiary/aromatic N) is 1. The van der Waals surface area contributed by atoms with Crippen LogP contribution in [0.1, 0.15) is 17.6 Å². The molecule has 1 unspecified atom stereocenters. The predicted octanol–water partition coefficient (Wildman–Crippen LogP) is 1.35. The number of aryl methyl sites for hydroxylation is 1. The third-order valence-corrected chi connectivity index (χ3v) is 2.98. The quantitative estimate of drug-likeness (QED) is 0.868. The summed E-state index contributed by atoms with van der Waals surface area (Å²) in [7, 11) is 0. The van der Waals surface area contributed by atoms with Crippen molar-refractivity contribution < 1.29 is 18.0 Å². The van der Waals surface area contributed by atoms with Crippen LogP contribution in [0.5, 0.6) is 0 Å². The Balaban J connectivity index is 2.61. The van der Waals surface area contributed by atoms with Gasteiger partial charge in [0.1, 0.15) is 0 Å². The predicted molar refractivity (Wildman–Crippen MR) is 57.3 cm³/mol. The minimum atomic E-state index is -4.78. The van der Waals surface area contributed by atoms with Crippen molar-refractivity contribution in [3.05, 3.63) is 16.1 Å². The summed E-state index contributed by atoms with van der Waals surface area (Å²) in [5.41, 5.74) is 2.57. The number of carbonyl (C=O) groups excluding carboxylic acids is 1. The van der Waals surface area contributed by atoms with Crippen molar-refractivity contribution in [2.75, 3.05) is 0 Å². The molecule has 17 heavy (non-hydrogen) atoms. The van der Waals surface area contributed by atoms with Crippen LogP contribution in [0.3, 0.4) is 0 Å². The number of thiazole rings is 1. The number of halogens is 3. The van der Waals surface area contributed by atoms with Crippen molar-refractivity contribution in [3.8, 4) is 0 Å². The Morgan fingerprint density at radius 2 is 2.18 bits per heavy atom. The van der Waals surface area contributed by atoms with E-state index in [2.05, 4.69) is 10.3 Å². The van der Waals surface area contributed by atoms with Gasteiger partial charge in [-0.1, -0.05) is 0 Å². The van der Waals surface area contributed by atoms with Gasteiger partial charge in [-0.3, -0.25) is 4.79 Å². The maximum atomic E-state index is 12.4. The second-order valence-electron chi connectivity index (χ2n) is 3.74. The summed E-state index contributed by atoms with van der Waals surface area (Å²) in [5.74, 6) is -1.27. The summed E-state index contributed by atoms with van der Waals surface area (Å²) in [6.07, 6.45) is -4.78. The number of hydrogen-bond acceptors (Lipinski definition) is 4. The first-order chi connectivity index (χ1) is 7.64. The van der Waals surface area contributed by atoms with Crippen LogP contribution in [0, 0.1) is 6.92 Å². The van der Waals surface area contributed by atoms with E-state index in [1.807, 2.05) is 0 Å². The van der Waals surface area contributed by atoms with Gasteiger partial charge < -0.3 is 11.1 Å². The van der Waals surface area contributed by atoms with Gasteiger partial charge in [-0.05, 0) is 13.8 Å². The van der Waals surface area contributed by atoms with Gasteiger partial charge in [0.05, 0.1) is 17.2 Å². The Hall–Kier alpha value is -1.15. The molecule has 1 rings (SSSR count). The molecule has 1 heterocycles. The number of carbonyl (C=O) groups is 1. The van der Waals surface area contributed by atoms with Gasteiger partial charge in [-0.25, -0.2) is 4.98 Å². The lowest BCUT2D eigenvalue weighted by Crippen LogP contribution is -2.61. The number of alkyl halides is 3. The standard InChI is InChI=1S/C9H12F3N3OS/c1-5-15-6(4-17-5)3-14-7(16)8(2,13)9(10,11)12/h4H,3,13H2,1-2H3,(H,14,16). The minimum Gasteiger partial charge on any atom is -0.349 e. The topological polar surface area (TPSA) is 68.0 Å². The molecule has 1 aromatic heterocycles. The molecule has 0 saturated heterocycles. The number of nitrogens with one attached hydrogen (secondary N) is 1. The second kappa shape index (κ2) is 4.61. The number of aromatic nitrogens is 1. The van der Waals surface area contributed by atoms with Crippen molar-refractivity contribution in [2.45, 2.75) is 32.1 Å². The zero-order chi connectivity index (χ0) is 13.3. The molecule has 0 fully saturated rings. The molecule has 0 bridgehead atoms. The van der Waals surface area contributed by atoms with Crippen LogP contribution in [0.2, 0.25) is 0 Å². The van der Waals surface area contributed by atoms with E-state index in [1.54, 1.807) is 12.3 Å². The van der Waals surface area contributed by atoms with Crippen LogP contribution in [0.15, 0.2) is 5.38 Å². The van der Waals surface area contributed by atoms with E-state index in [0.717, 1.165) is 5.01 Å². The molecule has 0 aliphatic rings. The van der Waals surface area contributed by atoms with Crippen molar-refractivity contribution in [3.63, 3.8) is 0 Å². The maximum Gasteiger partial charge on any atom is 0.415 e. The normalized spacial score (nSPS) is 15.4. The van der Waals surface area contributed by atoms with Crippen molar-refractivity contribution in [1.82, 2.24) is 10.3 Å². The molecule has 1 aromatic rings. The molecule has 0 saturated carbocycles. The van der Waals surface area contributed by atoms with Gasteiger partial charge in [0.2, 0.25) is 5.91 Å². The highest BCUT2D eigenvalue weighted by molar-refractivity contribution is 7.09. The monoisotopic (exact) mass is 267 g/mol. The smallest absolute Gasteiger partial charge is 0.349 e. The van der Waals surface area contributed by atoms with Crippen LogP contribution in [-0.4, -0.2) is 22.6 Å². The lowest BCUT2D eigenvalue weighted by molar-refractivity contribution is -0.187. The zero-order valence-corrected chi connectivity index (χ0v) is 10.1. The first-order valence-corrected chi connectivity index (χ1v) is 5.57. The third kappa shape index (κ3) is 3.16. The maximum absolute atomic E-state index is 12.4. The Labute approximate surface area is 100 Å². The molecule has 0 spiro atoms. The Morgan fingerprint density at radius 1 is 1.59 bits per heavy atom. The largest absolute Gasteiger partial charge is 0.415 e. The highest BCUT2D eigenvalue weighted by Crippen LogP contribution is 2.27. The lowest BCUT2D eigenvalue weighted by Gasteiger charge is -2.25. The highest BCUT2D eigenvalue weighted by atomic mass is 32.1. The Morgan fingerprint density at radius 3 is 2.59 bits per heavy atom. The summed E-state index contributed by atoms with van der Waals surface area (Å²) in [4.78, 5) is 15.3.